The average Bonchev–Trinajstić information content (AvgIpc) is 3.22. The molecular weight excluding hydrogens is 382 g/mol. The number of carbonyl (C=O) groups is 2. The van der Waals surface area contributed by atoms with Crippen LogP contribution in [0.5, 0.6) is 0 Å². The molecule has 5 nitrogen and oxygen atoms in total. The maximum Gasteiger partial charge on any atom is 0.347 e. The number of nitrogens with zero attached hydrogens (tertiary/aromatic N) is 1. The van der Waals surface area contributed by atoms with Crippen LogP contribution in [0.15, 0.2) is 52.9 Å². The van der Waals surface area contributed by atoms with E-state index in [1.165, 1.54) is 4.70 Å². The van der Waals surface area contributed by atoms with Crippen molar-refractivity contribution in [3.8, 4) is 0 Å². The molecule has 1 fully saturated rings. The van der Waals surface area contributed by atoms with Gasteiger partial charge in [0.15, 0.2) is 4.34 Å². The molecule has 0 bridgehead atoms. The fourth-order valence-electron chi connectivity index (χ4n) is 2.81. The molecule has 2 aromatic carbocycles. The predicted octanol–water partition coefficient (Wildman–Crippen LogP) is 4.45. The van der Waals surface area contributed by atoms with Gasteiger partial charge in [0.1, 0.15) is 6.10 Å². The number of rotatable bonds is 5. The summed E-state index contributed by atoms with van der Waals surface area (Å²) >= 11 is 3.35. The number of thiazole rings is 1. The van der Waals surface area contributed by atoms with E-state index >= 15 is 0 Å². The highest BCUT2D eigenvalue weighted by Gasteiger charge is 2.35. The molecule has 27 heavy (non-hydrogen) atoms. The van der Waals surface area contributed by atoms with Crippen molar-refractivity contribution in [3.63, 3.8) is 0 Å². The van der Waals surface area contributed by atoms with E-state index in [1.54, 1.807) is 42.2 Å². The van der Waals surface area contributed by atoms with E-state index in [1.807, 2.05) is 30.3 Å². The smallest absolute Gasteiger partial charge is 0.347 e. The Morgan fingerprint density at radius 3 is 2.74 bits per heavy atom. The van der Waals surface area contributed by atoms with Gasteiger partial charge in [0, 0.05) is 12.2 Å². The van der Waals surface area contributed by atoms with Gasteiger partial charge in [-0.25, -0.2) is 14.6 Å². The molecule has 7 heteroatoms. The van der Waals surface area contributed by atoms with E-state index < -0.39 is 18.0 Å². The summed E-state index contributed by atoms with van der Waals surface area (Å²) in [5.41, 5.74) is 2.53. The van der Waals surface area contributed by atoms with Crippen LogP contribution in [0.4, 0.5) is 0 Å². The van der Waals surface area contributed by atoms with Crippen LogP contribution in [0.2, 0.25) is 0 Å². The van der Waals surface area contributed by atoms with Crippen LogP contribution in [0, 0.1) is 0 Å². The first-order chi connectivity index (χ1) is 13.1. The molecule has 4 rings (SSSR count). The van der Waals surface area contributed by atoms with Gasteiger partial charge in [-0.1, -0.05) is 36.0 Å². The van der Waals surface area contributed by atoms with Crippen molar-refractivity contribution >= 4 is 45.3 Å². The summed E-state index contributed by atoms with van der Waals surface area (Å²) in [6.45, 7) is 1.78. The van der Waals surface area contributed by atoms with Crippen molar-refractivity contribution in [1.29, 1.82) is 0 Å². The van der Waals surface area contributed by atoms with E-state index in [0.29, 0.717) is 12.0 Å². The topological polar surface area (TPSA) is 65.5 Å². The number of carbonyl (C=O) groups excluding carboxylic acids is 2. The minimum absolute atomic E-state index is 0.211. The van der Waals surface area contributed by atoms with E-state index in [-0.39, 0.29) is 6.10 Å². The van der Waals surface area contributed by atoms with Crippen molar-refractivity contribution in [2.24, 2.45) is 0 Å². The van der Waals surface area contributed by atoms with E-state index in [0.717, 1.165) is 21.2 Å². The Bertz CT molecular complexity index is 950. The zero-order valence-electron chi connectivity index (χ0n) is 14.6. The molecule has 0 saturated carbocycles. The SMILES string of the molecule is C[C@H]1C[C@@H](OC(=O)c2ccc(CSc3nc4ccccc4s3)cc2)C(=O)O1. The van der Waals surface area contributed by atoms with Crippen LogP contribution in [-0.2, 0) is 20.0 Å². The Balaban J connectivity index is 1.35. The molecule has 1 aliphatic rings. The van der Waals surface area contributed by atoms with Crippen LogP contribution in [0.1, 0.15) is 29.3 Å². The monoisotopic (exact) mass is 399 g/mol. The molecule has 1 aromatic heterocycles. The molecule has 0 unspecified atom stereocenters. The van der Waals surface area contributed by atoms with Crippen LogP contribution < -0.4 is 0 Å². The summed E-state index contributed by atoms with van der Waals surface area (Å²) in [6.07, 6.45) is -0.611. The predicted molar refractivity (Wildman–Crippen MR) is 105 cm³/mol. The normalized spacial score (nSPS) is 19.2. The van der Waals surface area contributed by atoms with E-state index in [9.17, 15) is 9.59 Å². The Morgan fingerprint density at radius 1 is 1.26 bits per heavy atom. The van der Waals surface area contributed by atoms with Crippen molar-refractivity contribution in [3.05, 3.63) is 59.7 Å². The largest absolute Gasteiger partial charge is 0.460 e. The third kappa shape index (κ3) is 4.14. The summed E-state index contributed by atoms with van der Waals surface area (Å²) in [5, 5.41) is 0. The van der Waals surface area contributed by atoms with Crippen LogP contribution >= 0.6 is 23.1 Å². The lowest BCUT2D eigenvalue weighted by molar-refractivity contribution is -0.147. The lowest BCUT2D eigenvalue weighted by atomic mass is 10.1. The summed E-state index contributed by atoms with van der Waals surface area (Å²) in [6, 6.07) is 15.3. The Morgan fingerprint density at radius 2 is 2.04 bits per heavy atom. The van der Waals surface area contributed by atoms with Gasteiger partial charge in [-0.15, -0.1) is 11.3 Å². The summed E-state index contributed by atoms with van der Waals surface area (Å²) in [7, 11) is 0. The first-order valence-electron chi connectivity index (χ1n) is 8.57. The number of ether oxygens (including phenoxy) is 2. The first kappa shape index (κ1) is 18.0. The van der Waals surface area contributed by atoms with Gasteiger partial charge in [-0.2, -0.15) is 0 Å². The third-order valence-electron chi connectivity index (χ3n) is 4.20. The Kier molecular flexibility index (Phi) is 5.13. The standard InChI is InChI=1S/C20H17NO4S2/c1-12-10-16(19(23)24-12)25-18(22)14-8-6-13(7-9-14)11-26-20-21-15-4-2-3-5-17(15)27-20/h2-9,12,16H,10-11H2,1H3/t12-,16+/m0/s1. The molecule has 138 valence electrons. The van der Waals surface area contributed by atoms with E-state index in [4.69, 9.17) is 9.47 Å². The molecule has 2 atom stereocenters. The van der Waals surface area contributed by atoms with Crippen molar-refractivity contribution in [1.82, 2.24) is 4.98 Å². The number of thioether (sulfide) groups is 1. The van der Waals surface area contributed by atoms with Gasteiger partial charge in [-0.3, -0.25) is 0 Å². The van der Waals surface area contributed by atoms with Crippen LogP contribution in [0.3, 0.4) is 0 Å². The zero-order valence-corrected chi connectivity index (χ0v) is 16.2. The second kappa shape index (κ2) is 7.70. The van der Waals surface area contributed by atoms with Gasteiger partial charge in [0.2, 0.25) is 6.10 Å². The number of aromatic nitrogens is 1. The molecule has 0 spiro atoms. The number of fused-ring (bicyclic) bond motifs is 1. The summed E-state index contributed by atoms with van der Waals surface area (Å²) in [4.78, 5) is 28.4. The maximum atomic E-state index is 12.2. The third-order valence-corrected chi connectivity index (χ3v) is 6.45. The second-order valence-electron chi connectivity index (χ2n) is 6.31. The average molecular weight is 399 g/mol. The van der Waals surface area contributed by atoms with E-state index in [2.05, 4.69) is 11.1 Å². The molecular formula is C20H17NO4S2. The summed E-state index contributed by atoms with van der Waals surface area (Å²) < 4.78 is 12.5. The first-order valence-corrected chi connectivity index (χ1v) is 10.4. The highest BCUT2D eigenvalue weighted by atomic mass is 32.2. The van der Waals surface area contributed by atoms with Gasteiger partial charge in [-0.05, 0) is 36.8 Å². The zero-order chi connectivity index (χ0) is 18.8. The number of cyclic esters (lactones) is 1. The lowest BCUT2D eigenvalue weighted by Gasteiger charge is -2.08. The van der Waals surface area contributed by atoms with Crippen molar-refractivity contribution < 1.29 is 19.1 Å². The second-order valence-corrected chi connectivity index (χ2v) is 8.56. The molecule has 0 aliphatic carbocycles. The quantitative estimate of drug-likeness (QED) is 0.466. The summed E-state index contributed by atoms with van der Waals surface area (Å²) in [5.74, 6) is -0.210. The maximum absolute atomic E-state index is 12.2. The van der Waals surface area contributed by atoms with Gasteiger partial charge in [0.05, 0.1) is 15.8 Å². The molecule has 1 saturated heterocycles. The fraction of sp³-hybridized carbons (Fsp3) is 0.250. The van der Waals surface area contributed by atoms with Gasteiger partial charge >= 0.3 is 11.9 Å². The van der Waals surface area contributed by atoms with Crippen LogP contribution in [-0.4, -0.2) is 29.1 Å². The molecule has 2 heterocycles. The highest BCUT2D eigenvalue weighted by Crippen LogP contribution is 2.31. The number of hydrogen-bond donors (Lipinski definition) is 0. The van der Waals surface area contributed by atoms with Crippen molar-refractivity contribution in [2.75, 3.05) is 0 Å². The minimum atomic E-state index is -0.804. The molecule has 3 aromatic rings. The van der Waals surface area contributed by atoms with Crippen molar-refractivity contribution in [2.45, 2.75) is 35.6 Å². The number of hydrogen-bond acceptors (Lipinski definition) is 7. The molecule has 0 amide bonds. The molecule has 0 N–H and O–H groups in total. The fourth-order valence-corrected chi connectivity index (χ4v) is 4.83. The number of esters is 2. The van der Waals surface area contributed by atoms with Crippen LogP contribution in [0.25, 0.3) is 10.2 Å². The Labute approximate surface area is 164 Å². The molecule has 1 aliphatic heterocycles. The van der Waals surface area contributed by atoms with Gasteiger partial charge in [0.25, 0.3) is 0 Å². The number of para-hydroxylation sites is 1. The highest BCUT2D eigenvalue weighted by molar-refractivity contribution is 8.00. The number of benzene rings is 2. The van der Waals surface area contributed by atoms with Gasteiger partial charge < -0.3 is 9.47 Å². The Hall–Kier alpha value is -2.38. The minimum Gasteiger partial charge on any atom is -0.460 e. The molecule has 0 radical (unpaired) electrons. The lowest BCUT2D eigenvalue weighted by Crippen LogP contribution is -2.22.